The van der Waals surface area contributed by atoms with E-state index in [1.54, 1.807) is 6.07 Å². The first-order valence-corrected chi connectivity index (χ1v) is 8.34. The van der Waals surface area contributed by atoms with Crippen molar-refractivity contribution < 1.29 is 4.79 Å². The topological polar surface area (TPSA) is 52.9 Å². The summed E-state index contributed by atoms with van der Waals surface area (Å²) in [5.41, 5.74) is -0.146. The fourth-order valence-corrected chi connectivity index (χ4v) is 3.78. The van der Waals surface area contributed by atoms with Gasteiger partial charge in [-0.2, -0.15) is 5.26 Å². The zero-order valence-corrected chi connectivity index (χ0v) is 14.3. The number of hydrogen-bond acceptors (Lipinski definition) is 2. The molecule has 1 amide bonds. The molecule has 1 fully saturated rings. The van der Waals surface area contributed by atoms with E-state index in [0.29, 0.717) is 5.56 Å². The van der Waals surface area contributed by atoms with E-state index < -0.39 is 5.54 Å². The maximum Gasteiger partial charge on any atom is 0.253 e. The van der Waals surface area contributed by atoms with Crippen molar-refractivity contribution in [3.8, 4) is 6.07 Å². The second-order valence-corrected chi connectivity index (χ2v) is 6.96. The average molecular weight is 400 g/mol. The van der Waals surface area contributed by atoms with E-state index in [4.69, 9.17) is 0 Å². The number of halogens is 2. The van der Waals surface area contributed by atoms with Crippen LogP contribution in [0.2, 0.25) is 0 Å². The van der Waals surface area contributed by atoms with Gasteiger partial charge in [0, 0.05) is 8.95 Å². The summed E-state index contributed by atoms with van der Waals surface area (Å²) in [5.74, 6) is -0.187. The maximum absolute atomic E-state index is 12.4. The highest BCUT2D eigenvalue weighted by molar-refractivity contribution is 9.11. The molecule has 5 heteroatoms. The normalized spacial score (nSPS) is 17.9. The smallest absolute Gasteiger partial charge is 0.253 e. The number of nitrogens with zero attached hydrogens (tertiary/aromatic N) is 1. The standard InChI is InChI=1S/C15H16Br2N2O/c16-11-5-6-12(13(17)9-11)14(20)19-15(10-18)7-3-1-2-4-8-15/h5-6,9H,1-4,7-8H2,(H,19,20). The van der Waals surface area contributed by atoms with Crippen LogP contribution >= 0.6 is 31.9 Å². The van der Waals surface area contributed by atoms with E-state index in [0.717, 1.165) is 47.5 Å². The number of nitrogens with one attached hydrogen (secondary N) is 1. The summed E-state index contributed by atoms with van der Waals surface area (Å²) in [4.78, 5) is 12.4. The first kappa shape index (κ1) is 15.5. The molecule has 20 heavy (non-hydrogen) atoms. The van der Waals surface area contributed by atoms with Gasteiger partial charge in [0.15, 0.2) is 0 Å². The Morgan fingerprint density at radius 2 is 1.85 bits per heavy atom. The van der Waals surface area contributed by atoms with Crippen molar-refractivity contribution in [2.45, 2.75) is 44.1 Å². The molecule has 106 valence electrons. The van der Waals surface area contributed by atoms with Crippen LogP contribution in [0.1, 0.15) is 48.9 Å². The minimum atomic E-state index is -0.708. The van der Waals surface area contributed by atoms with Crippen LogP contribution < -0.4 is 5.32 Å². The first-order chi connectivity index (χ1) is 9.56. The van der Waals surface area contributed by atoms with Gasteiger partial charge in [0.25, 0.3) is 5.91 Å². The van der Waals surface area contributed by atoms with Crippen molar-refractivity contribution in [3.63, 3.8) is 0 Å². The van der Waals surface area contributed by atoms with Crippen LogP contribution in [0.4, 0.5) is 0 Å². The van der Waals surface area contributed by atoms with Gasteiger partial charge in [-0.05, 0) is 47.0 Å². The summed E-state index contributed by atoms with van der Waals surface area (Å²) in [6, 6.07) is 7.75. The summed E-state index contributed by atoms with van der Waals surface area (Å²) in [7, 11) is 0. The quantitative estimate of drug-likeness (QED) is 0.741. The molecule has 0 radical (unpaired) electrons. The Bertz CT molecular complexity index is 543. The van der Waals surface area contributed by atoms with Gasteiger partial charge < -0.3 is 5.32 Å². The van der Waals surface area contributed by atoms with Crippen molar-refractivity contribution in [2.24, 2.45) is 0 Å². The minimum absolute atomic E-state index is 0.187. The minimum Gasteiger partial charge on any atom is -0.334 e. The molecule has 0 heterocycles. The lowest BCUT2D eigenvalue weighted by molar-refractivity contribution is 0.0912. The molecule has 0 bridgehead atoms. The van der Waals surface area contributed by atoms with Gasteiger partial charge in [0.05, 0.1) is 11.6 Å². The Morgan fingerprint density at radius 1 is 1.20 bits per heavy atom. The van der Waals surface area contributed by atoms with Gasteiger partial charge in [-0.3, -0.25) is 4.79 Å². The van der Waals surface area contributed by atoms with Crippen LogP contribution in [0.5, 0.6) is 0 Å². The van der Waals surface area contributed by atoms with Gasteiger partial charge in [-0.1, -0.05) is 41.6 Å². The van der Waals surface area contributed by atoms with Crippen molar-refractivity contribution in [3.05, 3.63) is 32.7 Å². The molecule has 1 saturated carbocycles. The molecule has 0 atom stereocenters. The van der Waals surface area contributed by atoms with Crippen molar-refractivity contribution in [1.29, 1.82) is 5.26 Å². The van der Waals surface area contributed by atoms with Crippen LogP contribution in [0, 0.1) is 11.3 Å². The highest BCUT2D eigenvalue weighted by Crippen LogP contribution is 2.28. The molecule has 0 unspecified atom stereocenters. The van der Waals surface area contributed by atoms with E-state index in [9.17, 15) is 10.1 Å². The third kappa shape index (κ3) is 3.62. The van der Waals surface area contributed by atoms with E-state index >= 15 is 0 Å². The van der Waals surface area contributed by atoms with Gasteiger partial charge in [0.1, 0.15) is 5.54 Å². The van der Waals surface area contributed by atoms with Crippen LogP contribution in [-0.2, 0) is 0 Å². The van der Waals surface area contributed by atoms with E-state index in [1.165, 1.54) is 0 Å². The molecular formula is C15H16Br2N2O. The van der Waals surface area contributed by atoms with Crippen LogP contribution in [0.3, 0.4) is 0 Å². The van der Waals surface area contributed by atoms with Gasteiger partial charge in [0.2, 0.25) is 0 Å². The third-order valence-corrected chi connectivity index (χ3v) is 4.85. The molecule has 1 aliphatic carbocycles. The lowest BCUT2D eigenvalue weighted by Gasteiger charge is -2.26. The predicted molar refractivity (Wildman–Crippen MR) is 85.4 cm³/mol. The molecule has 0 aromatic heterocycles. The number of nitriles is 1. The number of carbonyl (C=O) groups excluding carboxylic acids is 1. The van der Waals surface area contributed by atoms with Gasteiger partial charge in [-0.15, -0.1) is 0 Å². The van der Waals surface area contributed by atoms with Crippen molar-refractivity contribution >= 4 is 37.8 Å². The summed E-state index contributed by atoms with van der Waals surface area (Å²) in [5, 5.41) is 12.4. The Balaban J connectivity index is 2.18. The molecular weight excluding hydrogens is 384 g/mol. The number of carbonyl (C=O) groups is 1. The van der Waals surface area contributed by atoms with Crippen LogP contribution in [0.15, 0.2) is 27.1 Å². The van der Waals surface area contributed by atoms with Crippen molar-refractivity contribution in [2.75, 3.05) is 0 Å². The Hall–Kier alpha value is -0.860. The van der Waals surface area contributed by atoms with Gasteiger partial charge in [-0.25, -0.2) is 0 Å². The highest BCUT2D eigenvalue weighted by Gasteiger charge is 2.33. The Kier molecular flexibility index (Phi) is 5.22. The van der Waals surface area contributed by atoms with Gasteiger partial charge >= 0.3 is 0 Å². The van der Waals surface area contributed by atoms with E-state index in [2.05, 4.69) is 43.2 Å². The molecule has 0 aliphatic heterocycles. The molecule has 0 spiro atoms. The molecule has 0 saturated heterocycles. The maximum atomic E-state index is 12.4. The zero-order valence-electron chi connectivity index (χ0n) is 11.1. The first-order valence-electron chi connectivity index (χ1n) is 6.75. The SMILES string of the molecule is N#CC1(NC(=O)c2ccc(Br)cc2Br)CCCCCC1. The molecule has 3 nitrogen and oxygen atoms in total. The van der Waals surface area contributed by atoms with E-state index in [-0.39, 0.29) is 5.91 Å². The third-order valence-electron chi connectivity index (χ3n) is 3.70. The molecule has 1 N–H and O–H groups in total. The summed E-state index contributed by atoms with van der Waals surface area (Å²) in [6.07, 6.45) is 5.75. The van der Waals surface area contributed by atoms with Crippen LogP contribution in [0.25, 0.3) is 0 Å². The number of amides is 1. The Morgan fingerprint density at radius 3 is 2.40 bits per heavy atom. The highest BCUT2D eigenvalue weighted by atomic mass is 79.9. The fourth-order valence-electron chi connectivity index (χ4n) is 2.56. The molecule has 2 rings (SSSR count). The lowest BCUT2D eigenvalue weighted by Crippen LogP contribution is -2.47. The largest absolute Gasteiger partial charge is 0.334 e. The van der Waals surface area contributed by atoms with Crippen molar-refractivity contribution in [1.82, 2.24) is 5.32 Å². The number of hydrogen-bond donors (Lipinski definition) is 1. The summed E-state index contributed by atoms with van der Waals surface area (Å²) in [6.45, 7) is 0. The van der Waals surface area contributed by atoms with Crippen LogP contribution in [-0.4, -0.2) is 11.4 Å². The average Bonchev–Trinajstić information content (AvgIpc) is 2.64. The molecule has 1 aromatic carbocycles. The van der Waals surface area contributed by atoms with E-state index in [1.807, 2.05) is 12.1 Å². The second kappa shape index (κ2) is 6.73. The lowest BCUT2D eigenvalue weighted by atomic mass is 9.91. The monoisotopic (exact) mass is 398 g/mol. The second-order valence-electron chi connectivity index (χ2n) is 5.19. The summed E-state index contributed by atoms with van der Waals surface area (Å²) < 4.78 is 1.64. The Labute approximate surface area is 136 Å². The fraction of sp³-hybridized carbons (Fsp3) is 0.467. The molecule has 1 aromatic rings. The summed E-state index contributed by atoms with van der Waals surface area (Å²) >= 11 is 6.76. The molecule has 1 aliphatic rings. The zero-order chi connectivity index (χ0) is 14.6. The predicted octanol–water partition coefficient (Wildman–Crippen LogP) is 4.56. The number of benzene rings is 1. The number of rotatable bonds is 2.